The molecule has 2 saturated carbocycles. The number of hydrogen-bond acceptors (Lipinski definition) is 4. The van der Waals surface area contributed by atoms with Crippen molar-refractivity contribution in [2.24, 2.45) is 5.92 Å². The number of nitrogens with zero attached hydrogens (tertiary/aromatic N) is 3. The molecule has 0 aromatic carbocycles. The minimum absolute atomic E-state index is 0.0788. The molecule has 2 N–H and O–H groups in total. The molecule has 0 aliphatic heterocycles. The average Bonchev–Trinajstić information content (AvgIpc) is 3.37. The van der Waals surface area contributed by atoms with Crippen LogP contribution in [0.3, 0.4) is 0 Å². The van der Waals surface area contributed by atoms with Crippen molar-refractivity contribution in [2.75, 3.05) is 5.32 Å². The Morgan fingerprint density at radius 3 is 2.82 bits per heavy atom. The molecular weight excluding hydrogens is 278 g/mol. The minimum atomic E-state index is -0.0788. The van der Waals surface area contributed by atoms with Gasteiger partial charge in [0.15, 0.2) is 5.65 Å². The van der Waals surface area contributed by atoms with E-state index in [9.17, 15) is 4.79 Å². The van der Waals surface area contributed by atoms with E-state index in [2.05, 4.69) is 27.6 Å². The van der Waals surface area contributed by atoms with Crippen molar-refractivity contribution in [3.63, 3.8) is 0 Å². The third kappa shape index (κ3) is 2.53. The molecule has 0 saturated heterocycles. The molecule has 22 heavy (non-hydrogen) atoms. The molecule has 6 nitrogen and oxygen atoms in total. The van der Waals surface area contributed by atoms with Crippen LogP contribution in [0.1, 0.15) is 48.7 Å². The van der Waals surface area contributed by atoms with Crippen molar-refractivity contribution >= 4 is 17.4 Å². The Morgan fingerprint density at radius 1 is 1.36 bits per heavy atom. The van der Waals surface area contributed by atoms with E-state index in [1.54, 1.807) is 10.7 Å². The van der Waals surface area contributed by atoms with Gasteiger partial charge in [-0.2, -0.15) is 5.10 Å². The second kappa shape index (κ2) is 4.97. The number of aromatic nitrogens is 3. The summed E-state index contributed by atoms with van der Waals surface area (Å²) in [6.07, 6.45) is 6.42. The standard InChI is InChI=1S/C16H21N5O/c1-9-7-14(19-12-5-6-12)20-15-13(8-17-21(9)15)16(22)18-10(2)11-3-4-11/h7-8,10-12H,3-6H2,1-2H3,(H,18,22)(H,19,20)/t10-/m0/s1. The lowest BCUT2D eigenvalue weighted by atomic mass is 10.2. The highest BCUT2D eigenvalue weighted by Crippen LogP contribution is 2.32. The predicted molar refractivity (Wildman–Crippen MR) is 84.0 cm³/mol. The van der Waals surface area contributed by atoms with Crippen LogP contribution < -0.4 is 10.6 Å². The van der Waals surface area contributed by atoms with Crippen LogP contribution in [0.25, 0.3) is 5.65 Å². The van der Waals surface area contributed by atoms with Gasteiger partial charge in [0.05, 0.1) is 6.20 Å². The molecule has 1 amide bonds. The van der Waals surface area contributed by atoms with Gasteiger partial charge in [-0.1, -0.05) is 0 Å². The zero-order valence-corrected chi connectivity index (χ0v) is 13.0. The van der Waals surface area contributed by atoms with E-state index in [-0.39, 0.29) is 11.9 Å². The number of fused-ring (bicyclic) bond motifs is 1. The maximum absolute atomic E-state index is 12.5. The zero-order valence-electron chi connectivity index (χ0n) is 13.0. The van der Waals surface area contributed by atoms with Gasteiger partial charge in [0.1, 0.15) is 11.4 Å². The fraction of sp³-hybridized carbons (Fsp3) is 0.562. The maximum Gasteiger partial charge on any atom is 0.256 e. The third-order valence-corrected chi connectivity index (χ3v) is 4.51. The Bertz CT molecular complexity index is 729. The molecule has 2 aliphatic carbocycles. The summed E-state index contributed by atoms with van der Waals surface area (Å²) >= 11 is 0. The average molecular weight is 299 g/mol. The summed E-state index contributed by atoms with van der Waals surface area (Å²) < 4.78 is 1.73. The molecule has 1 atom stereocenters. The first-order chi connectivity index (χ1) is 10.6. The van der Waals surface area contributed by atoms with E-state index in [1.807, 2.05) is 13.0 Å². The molecule has 0 spiro atoms. The number of aryl methyl sites for hydroxylation is 1. The molecular formula is C16H21N5O. The fourth-order valence-corrected chi connectivity index (χ4v) is 2.78. The van der Waals surface area contributed by atoms with E-state index < -0.39 is 0 Å². The quantitative estimate of drug-likeness (QED) is 0.887. The third-order valence-electron chi connectivity index (χ3n) is 4.51. The SMILES string of the molecule is Cc1cc(NC2CC2)nc2c(C(=O)N[C@@H](C)C3CC3)cnn12. The number of nitrogens with one attached hydrogen (secondary N) is 2. The molecule has 0 bridgehead atoms. The molecule has 4 rings (SSSR count). The van der Waals surface area contributed by atoms with E-state index in [0.29, 0.717) is 23.2 Å². The Morgan fingerprint density at radius 2 is 2.14 bits per heavy atom. The highest BCUT2D eigenvalue weighted by atomic mass is 16.1. The number of rotatable bonds is 5. The second-order valence-electron chi connectivity index (χ2n) is 6.59. The van der Waals surface area contributed by atoms with Gasteiger partial charge < -0.3 is 10.6 Å². The maximum atomic E-state index is 12.5. The van der Waals surface area contributed by atoms with Crippen LogP contribution in [0.4, 0.5) is 5.82 Å². The smallest absolute Gasteiger partial charge is 0.256 e. The summed E-state index contributed by atoms with van der Waals surface area (Å²) in [5, 5.41) is 10.8. The second-order valence-corrected chi connectivity index (χ2v) is 6.59. The lowest BCUT2D eigenvalue weighted by molar-refractivity contribution is 0.0937. The first kappa shape index (κ1) is 13.5. The highest BCUT2D eigenvalue weighted by Gasteiger charge is 2.30. The summed E-state index contributed by atoms with van der Waals surface area (Å²) in [7, 11) is 0. The van der Waals surface area contributed by atoms with Gasteiger partial charge in [-0.15, -0.1) is 0 Å². The van der Waals surface area contributed by atoms with Crippen molar-refractivity contribution < 1.29 is 4.79 Å². The van der Waals surface area contributed by atoms with Crippen LogP contribution in [0.5, 0.6) is 0 Å². The first-order valence-electron chi connectivity index (χ1n) is 8.04. The summed E-state index contributed by atoms with van der Waals surface area (Å²) in [6.45, 7) is 4.05. The lowest BCUT2D eigenvalue weighted by Gasteiger charge is -2.12. The van der Waals surface area contributed by atoms with Crippen molar-refractivity contribution in [2.45, 2.75) is 51.6 Å². The summed E-state index contributed by atoms with van der Waals surface area (Å²) in [4.78, 5) is 17.1. The molecule has 0 unspecified atom stereocenters. The summed E-state index contributed by atoms with van der Waals surface area (Å²) in [5.74, 6) is 1.38. The molecule has 2 aromatic rings. The summed E-state index contributed by atoms with van der Waals surface area (Å²) in [6, 6.07) is 2.73. The predicted octanol–water partition coefficient (Wildman–Crippen LogP) is 2.14. The van der Waals surface area contributed by atoms with Crippen molar-refractivity contribution in [1.29, 1.82) is 0 Å². The van der Waals surface area contributed by atoms with Gasteiger partial charge in [-0.3, -0.25) is 4.79 Å². The van der Waals surface area contributed by atoms with Gasteiger partial charge in [0, 0.05) is 23.8 Å². The largest absolute Gasteiger partial charge is 0.367 e. The Labute approximate surface area is 129 Å². The Balaban J connectivity index is 1.64. The first-order valence-corrected chi connectivity index (χ1v) is 8.04. The lowest BCUT2D eigenvalue weighted by Crippen LogP contribution is -2.34. The van der Waals surface area contributed by atoms with Crippen LogP contribution in [0.15, 0.2) is 12.3 Å². The van der Waals surface area contributed by atoms with Gasteiger partial charge in [0.25, 0.3) is 5.91 Å². The number of carbonyl (C=O) groups excluding carboxylic acids is 1. The molecule has 116 valence electrons. The normalized spacial score (nSPS) is 19.2. The van der Waals surface area contributed by atoms with E-state index in [4.69, 9.17) is 0 Å². The molecule has 2 heterocycles. The van der Waals surface area contributed by atoms with Crippen molar-refractivity contribution in [3.05, 3.63) is 23.5 Å². The number of amides is 1. The molecule has 0 radical (unpaired) electrons. The molecule has 2 aromatic heterocycles. The monoisotopic (exact) mass is 299 g/mol. The van der Waals surface area contributed by atoms with E-state index in [1.165, 1.54) is 25.7 Å². The topological polar surface area (TPSA) is 71.3 Å². The summed E-state index contributed by atoms with van der Waals surface area (Å²) in [5.41, 5.74) is 2.15. The van der Waals surface area contributed by atoms with Crippen LogP contribution in [0, 0.1) is 12.8 Å². The molecule has 2 aliphatic rings. The number of carbonyl (C=O) groups is 1. The van der Waals surface area contributed by atoms with Crippen molar-refractivity contribution in [3.8, 4) is 0 Å². The number of hydrogen-bond donors (Lipinski definition) is 2. The fourth-order valence-electron chi connectivity index (χ4n) is 2.78. The van der Waals surface area contributed by atoms with Gasteiger partial charge in [-0.25, -0.2) is 9.50 Å². The minimum Gasteiger partial charge on any atom is -0.367 e. The molecule has 6 heteroatoms. The zero-order chi connectivity index (χ0) is 15.3. The Kier molecular flexibility index (Phi) is 3.06. The van der Waals surface area contributed by atoms with Crippen LogP contribution in [-0.4, -0.2) is 32.6 Å². The van der Waals surface area contributed by atoms with Crippen molar-refractivity contribution in [1.82, 2.24) is 19.9 Å². The van der Waals surface area contributed by atoms with Gasteiger partial charge in [0.2, 0.25) is 0 Å². The van der Waals surface area contributed by atoms with Gasteiger partial charge >= 0.3 is 0 Å². The van der Waals surface area contributed by atoms with Crippen LogP contribution in [-0.2, 0) is 0 Å². The van der Waals surface area contributed by atoms with Gasteiger partial charge in [-0.05, 0) is 45.4 Å². The van der Waals surface area contributed by atoms with Crippen LogP contribution >= 0.6 is 0 Å². The van der Waals surface area contributed by atoms with Crippen LogP contribution in [0.2, 0.25) is 0 Å². The van der Waals surface area contributed by atoms with E-state index >= 15 is 0 Å². The number of anilines is 1. The van der Waals surface area contributed by atoms with E-state index in [0.717, 1.165) is 11.5 Å². The highest BCUT2D eigenvalue weighted by molar-refractivity contribution is 6.00. The molecule has 2 fully saturated rings. The Hall–Kier alpha value is -2.11.